The van der Waals surface area contributed by atoms with Crippen molar-refractivity contribution >= 4 is 21.8 Å². The highest BCUT2D eigenvalue weighted by Crippen LogP contribution is 2.38. The quantitative estimate of drug-likeness (QED) is 0.232. The maximum atomic E-state index is 14.4. The Morgan fingerprint density at radius 3 is 1.22 bits per heavy atom. The van der Waals surface area contributed by atoms with Gasteiger partial charge in [0.15, 0.2) is 11.6 Å². The molecule has 0 saturated carbocycles. The molecule has 0 aliphatic rings. The number of hydrogen-bond acceptors (Lipinski definition) is 4. The van der Waals surface area contributed by atoms with E-state index in [9.17, 15) is 29.8 Å². The first-order valence-electron chi connectivity index (χ1n) is 12.4. The highest BCUT2D eigenvalue weighted by Gasteiger charge is 2.18. The fraction of sp³-hybridized carbons (Fsp3) is 0. The highest BCUT2D eigenvalue weighted by molar-refractivity contribution is 6.11. The van der Waals surface area contributed by atoms with Crippen LogP contribution in [0.15, 0.2) is 91.0 Å². The van der Waals surface area contributed by atoms with E-state index in [0.717, 1.165) is 27.5 Å². The first-order valence-corrected chi connectivity index (χ1v) is 12.4. The summed E-state index contributed by atoms with van der Waals surface area (Å²) < 4.78 is 31.0. The van der Waals surface area contributed by atoms with Crippen molar-refractivity contribution in [3.05, 3.63) is 125 Å². The van der Waals surface area contributed by atoms with Gasteiger partial charge < -0.3 is 4.57 Å². The maximum absolute atomic E-state index is 14.4. The normalized spacial score (nSPS) is 10.6. The molecule has 7 heteroatoms. The van der Waals surface area contributed by atoms with Gasteiger partial charge in [-0.3, -0.25) is 0 Å². The molecule has 0 radical (unpaired) electrons. The zero-order valence-corrected chi connectivity index (χ0v) is 21.2. The molecule has 0 unspecified atom stereocenters. The second kappa shape index (κ2) is 9.79. The Balaban J connectivity index is 1.65. The van der Waals surface area contributed by atoms with Gasteiger partial charge in [0.1, 0.15) is 24.3 Å². The molecule has 5 nitrogen and oxygen atoms in total. The lowest BCUT2D eigenvalue weighted by atomic mass is 9.96. The SMILES string of the molecule is N#Cc1cc(-c2ccc3c(c2)c2cc(-c4cc(C#N)c(F)c(C#N)c4)ccc2n3-c2ccccc2)cc(C#N)c1F. The number of fused-ring (bicyclic) bond motifs is 3. The van der Waals surface area contributed by atoms with Gasteiger partial charge in [-0.05, 0) is 82.9 Å². The highest BCUT2D eigenvalue weighted by atomic mass is 19.1. The standard InChI is InChI=1S/C34H15F2N5/c35-33-24(16-37)10-22(11-25(33)17-38)20-6-8-31-29(14-20)30-15-21(23-12-26(18-39)34(36)27(13-23)19-40)7-9-32(30)41(31)28-4-2-1-3-5-28/h1-15H. The van der Waals surface area contributed by atoms with Crippen LogP contribution in [0.1, 0.15) is 22.3 Å². The van der Waals surface area contributed by atoms with Gasteiger partial charge in [-0.2, -0.15) is 21.0 Å². The molecule has 0 N–H and O–H groups in total. The van der Waals surface area contributed by atoms with E-state index in [4.69, 9.17) is 0 Å². The number of benzene rings is 5. The number of para-hydroxylation sites is 1. The number of hydrogen-bond donors (Lipinski definition) is 0. The molecule has 6 aromatic rings. The molecule has 190 valence electrons. The summed E-state index contributed by atoms with van der Waals surface area (Å²) in [4.78, 5) is 0. The van der Waals surface area contributed by atoms with Gasteiger partial charge in [0.05, 0.1) is 33.3 Å². The predicted octanol–water partition coefficient (Wildman–Crippen LogP) is 7.88. The van der Waals surface area contributed by atoms with Gasteiger partial charge in [0, 0.05) is 16.5 Å². The third-order valence-electron chi connectivity index (χ3n) is 7.07. The van der Waals surface area contributed by atoms with Gasteiger partial charge in [0.2, 0.25) is 0 Å². The number of nitriles is 4. The lowest BCUT2D eigenvalue weighted by Gasteiger charge is -2.09. The van der Waals surface area contributed by atoms with Crippen LogP contribution in [0.5, 0.6) is 0 Å². The van der Waals surface area contributed by atoms with Gasteiger partial charge in [-0.15, -0.1) is 0 Å². The minimum Gasteiger partial charge on any atom is -0.309 e. The molecule has 41 heavy (non-hydrogen) atoms. The number of rotatable bonds is 3. The van der Waals surface area contributed by atoms with Crippen LogP contribution in [-0.4, -0.2) is 4.57 Å². The molecule has 0 aliphatic heterocycles. The van der Waals surface area contributed by atoms with E-state index in [1.165, 1.54) is 24.3 Å². The molecule has 5 aromatic carbocycles. The first-order chi connectivity index (χ1) is 20.0. The van der Waals surface area contributed by atoms with Crippen molar-refractivity contribution in [2.75, 3.05) is 0 Å². The van der Waals surface area contributed by atoms with Crippen molar-refractivity contribution in [1.82, 2.24) is 4.57 Å². The first kappa shape index (κ1) is 25.0. The Hall–Kier alpha value is -6.28. The van der Waals surface area contributed by atoms with Gasteiger partial charge in [0.25, 0.3) is 0 Å². The van der Waals surface area contributed by atoms with E-state index in [2.05, 4.69) is 4.57 Å². The van der Waals surface area contributed by atoms with Crippen molar-refractivity contribution in [2.24, 2.45) is 0 Å². The molecule has 0 atom stereocenters. The molecule has 6 rings (SSSR count). The smallest absolute Gasteiger partial charge is 0.158 e. The van der Waals surface area contributed by atoms with E-state index >= 15 is 0 Å². The third kappa shape index (κ3) is 4.03. The lowest BCUT2D eigenvalue weighted by molar-refractivity contribution is 0.620. The fourth-order valence-electron chi connectivity index (χ4n) is 5.15. The largest absolute Gasteiger partial charge is 0.309 e. The molecule has 0 amide bonds. The fourth-order valence-corrected chi connectivity index (χ4v) is 5.15. The summed E-state index contributed by atoms with van der Waals surface area (Å²) in [6.45, 7) is 0. The summed E-state index contributed by atoms with van der Waals surface area (Å²) in [7, 11) is 0. The van der Waals surface area contributed by atoms with Crippen molar-refractivity contribution in [3.8, 4) is 52.2 Å². The van der Waals surface area contributed by atoms with Crippen LogP contribution in [0.4, 0.5) is 8.78 Å². The Labute approximate surface area is 233 Å². The van der Waals surface area contributed by atoms with E-state index < -0.39 is 11.6 Å². The Morgan fingerprint density at radius 1 is 0.463 bits per heavy atom. The predicted molar refractivity (Wildman–Crippen MR) is 150 cm³/mol. The van der Waals surface area contributed by atoms with Gasteiger partial charge in [-0.1, -0.05) is 30.3 Å². The molecule has 0 bridgehead atoms. The van der Waals surface area contributed by atoms with Crippen molar-refractivity contribution < 1.29 is 8.78 Å². The molecule has 0 saturated heterocycles. The van der Waals surface area contributed by atoms with Crippen LogP contribution in [0, 0.1) is 57.0 Å². The third-order valence-corrected chi connectivity index (χ3v) is 7.07. The summed E-state index contributed by atoms with van der Waals surface area (Å²) in [5.41, 5.74) is 4.23. The van der Waals surface area contributed by atoms with Crippen LogP contribution in [0.2, 0.25) is 0 Å². The number of halogens is 2. The molecule has 0 spiro atoms. The molecular weight excluding hydrogens is 516 g/mol. The summed E-state index contributed by atoms with van der Waals surface area (Å²) in [5, 5.41) is 39.3. The summed E-state index contributed by atoms with van der Waals surface area (Å²) >= 11 is 0. The molecule has 0 fully saturated rings. The minimum absolute atomic E-state index is 0.217. The second-order valence-corrected chi connectivity index (χ2v) is 9.35. The van der Waals surface area contributed by atoms with E-state index in [-0.39, 0.29) is 22.3 Å². The monoisotopic (exact) mass is 531 g/mol. The number of nitrogens with zero attached hydrogens (tertiary/aromatic N) is 5. The zero-order chi connectivity index (χ0) is 28.7. The molecular formula is C34H15F2N5. The lowest BCUT2D eigenvalue weighted by Crippen LogP contribution is -1.94. The van der Waals surface area contributed by atoms with Crippen molar-refractivity contribution in [3.63, 3.8) is 0 Å². The van der Waals surface area contributed by atoms with Crippen LogP contribution in [-0.2, 0) is 0 Å². The Kier molecular flexibility index (Phi) is 5.98. The Bertz CT molecular complexity index is 2010. The maximum Gasteiger partial charge on any atom is 0.158 e. The Morgan fingerprint density at radius 2 is 0.854 bits per heavy atom. The van der Waals surface area contributed by atoms with Crippen molar-refractivity contribution in [2.45, 2.75) is 0 Å². The molecule has 0 aliphatic carbocycles. The second-order valence-electron chi connectivity index (χ2n) is 9.35. The topological polar surface area (TPSA) is 100 Å². The molecule has 1 heterocycles. The average molecular weight is 532 g/mol. The van der Waals surface area contributed by atoms with Crippen LogP contribution >= 0.6 is 0 Å². The van der Waals surface area contributed by atoms with E-state index in [0.29, 0.717) is 22.3 Å². The summed E-state index contributed by atoms with van der Waals surface area (Å²) in [6.07, 6.45) is 0. The molecule has 1 aromatic heterocycles. The summed E-state index contributed by atoms with van der Waals surface area (Å²) in [6, 6.07) is 34.1. The average Bonchev–Trinajstić information content (AvgIpc) is 3.34. The zero-order valence-electron chi connectivity index (χ0n) is 21.2. The van der Waals surface area contributed by atoms with Crippen LogP contribution in [0.3, 0.4) is 0 Å². The van der Waals surface area contributed by atoms with Gasteiger partial charge >= 0.3 is 0 Å². The number of aromatic nitrogens is 1. The van der Waals surface area contributed by atoms with Crippen LogP contribution < -0.4 is 0 Å². The van der Waals surface area contributed by atoms with E-state index in [1.807, 2.05) is 91.0 Å². The minimum atomic E-state index is -0.849. The summed E-state index contributed by atoms with van der Waals surface area (Å²) in [5.74, 6) is -1.70. The van der Waals surface area contributed by atoms with Crippen LogP contribution in [0.25, 0.3) is 49.7 Å². The van der Waals surface area contributed by atoms with E-state index in [1.54, 1.807) is 0 Å². The van der Waals surface area contributed by atoms with Crippen molar-refractivity contribution in [1.29, 1.82) is 21.0 Å². The van der Waals surface area contributed by atoms with Gasteiger partial charge in [-0.25, -0.2) is 8.78 Å².